The monoisotopic (exact) mass is 374 g/mol. The summed E-state index contributed by atoms with van der Waals surface area (Å²) in [5.41, 5.74) is 2.99. The van der Waals surface area contributed by atoms with Crippen molar-refractivity contribution < 1.29 is 9.53 Å². The zero-order valence-electron chi connectivity index (χ0n) is 15.3. The fourth-order valence-corrected chi connectivity index (χ4v) is 3.14. The number of nitrogens with one attached hydrogen (secondary N) is 2. The summed E-state index contributed by atoms with van der Waals surface area (Å²) in [6.45, 7) is 4.94. The molecule has 26 heavy (non-hydrogen) atoms. The van der Waals surface area contributed by atoms with Gasteiger partial charge in [-0.1, -0.05) is 36.8 Å². The molecule has 0 aromatic heterocycles. The Morgan fingerprint density at radius 1 is 1.19 bits per heavy atom. The third-order valence-corrected chi connectivity index (χ3v) is 4.66. The van der Waals surface area contributed by atoms with Gasteiger partial charge < -0.3 is 15.4 Å². The Morgan fingerprint density at radius 2 is 1.96 bits per heavy atom. The maximum Gasteiger partial charge on any atom is 0.241 e. The molecule has 2 unspecified atom stereocenters. The molecule has 2 aromatic carbocycles. The second kappa shape index (κ2) is 9.60. The molecule has 140 valence electrons. The van der Waals surface area contributed by atoms with E-state index >= 15 is 0 Å². The van der Waals surface area contributed by atoms with Crippen molar-refractivity contribution in [3.8, 4) is 5.75 Å². The maximum atomic E-state index is 12.4. The quantitative estimate of drug-likeness (QED) is 0.801. The van der Waals surface area contributed by atoms with Crippen molar-refractivity contribution in [1.82, 2.24) is 5.32 Å². The first-order valence-electron chi connectivity index (χ1n) is 9.00. The van der Waals surface area contributed by atoms with Gasteiger partial charge in [-0.2, -0.15) is 0 Å². The molecule has 5 heteroatoms. The number of hydrogen-bond acceptors (Lipinski definition) is 3. The molecule has 2 aromatic rings. The topological polar surface area (TPSA) is 50.4 Å². The molecule has 1 amide bonds. The predicted molar refractivity (Wildman–Crippen MR) is 108 cm³/mol. The average Bonchev–Trinajstić information content (AvgIpc) is 2.65. The molecular weight excluding hydrogens is 348 g/mol. The number of ether oxygens (including phenoxy) is 1. The van der Waals surface area contributed by atoms with Gasteiger partial charge in [-0.25, -0.2) is 0 Å². The first-order valence-corrected chi connectivity index (χ1v) is 9.00. The van der Waals surface area contributed by atoms with E-state index in [2.05, 4.69) is 22.8 Å². The van der Waals surface area contributed by atoms with Crippen molar-refractivity contribution in [3.05, 3.63) is 59.7 Å². The van der Waals surface area contributed by atoms with Gasteiger partial charge in [-0.15, -0.1) is 12.4 Å². The SMILES string of the molecule is Cc1cc(OC(C)c2ccccc2)ccc1NC(=O)C1CCCCN1.Cl. The number of aryl methyl sites for hydroxylation is 1. The van der Waals surface area contributed by atoms with Crippen LogP contribution >= 0.6 is 12.4 Å². The van der Waals surface area contributed by atoms with Gasteiger partial charge in [0, 0.05) is 5.69 Å². The third kappa shape index (κ3) is 5.23. The molecule has 4 nitrogen and oxygen atoms in total. The molecular formula is C21H27ClN2O2. The van der Waals surface area contributed by atoms with E-state index in [0.717, 1.165) is 48.4 Å². The smallest absolute Gasteiger partial charge is 0.241 e. The van der Waals surface area contributed by atoms with Gasteiger partial charge in [0.25, 0.3) is 0 Å². The van der Waals surface area contributed by atoms with E-state index in [4.69, 9.17) is 4.74 Å². The molecule has 0 radical (unpaired) electrons. The van der Waals surface area contributed by atoms with Crippen LogP contribution in [0.1, 0.15) is 43.4 Å². The van der Waals surface area contributed by atoms with E-state index in [-0.39, 0.29) is 30.5 Å². The highest BCUT2D eigenvalue weighted by atomic mass is 35.5. The number of hydrogen-bond donors (Lipinski definition) is 2. The normalized spacial score (nSPS) is 17.7. The van der Waals surface area contributed by atoms with E-state index in [0.29, 0.717) is 0 Å². The predicted octanol–water partition coefficient (Wildman–Crippen LogP) is 4.64. The van der Waals surface area contributed by atoms with Gasteiger partial charge in [-0.05, 0) is 62.6 Å². The van der Waals surface area contributed by atoms with Gasteiger partial charge in [0.15, 0.2) is 0 Å². The maximum absolute atomic E-state index is 12.4. The molecule has 0 bridgehead atoms. The number of carbonyl (C=O) groups excluding carboxylic acids is 1. The van der Waals surface area contributed by atoms with E-state index in [9.17, 15) is 4.79 Å². The molecule has 2 N–H and O–H groups in total. The summed E-state index contributed by atoms with van der Waals surface area (Å²) in [4.78, 5) is 12.4. The lowest BCUT2D eigenvalue weighted by Gasteiger charge is -2.23. The molecule has 3 rings (SSSR count). The minimum atomic E-state index is -0.0813. The number of anilines is 1. The van der Waals surface area contributed by atoms with Crippen molar-refractivity contribution in [2.75, 3.05) is 11.9 Å². The second-order valence-corrected chi connectivity index (χ2v) is 6.64. The fourth-order valence-electron chi connectivity index (χ4n) is 3.14. The van der Waals surface area contributed by atoms with Crippen molar-refractivity contribution in [2.24, 2.45) is 0 Å². The van der Waals surface area contributed by atoms with Crippen LogP contribution in [0.3, 0.4) is 0 Å². The number of carbonyl (C=O) groups is 1. The van der Waals surface area contributed by atoms with Gasteiger partial charge >= 0.3 is 0 Å². The second-order valence-electron chi connectivity index (χ2n) is 6.64. The third-order valence-electron chi connectivity index (χ3n) is 4.66. The van der Waals surface area contributed by atoms with Crippen molar-refractivity contribution in [3.63, 3.8) is 0 Å². The summed E-state index contributed by atoms with van der Waals surface area (Å²) >= 11 is 0. The summed E-state index contributed by atoms with van der Waals surface area (Å²) in [5, 5.41) is 6.31. The molecule has 0 aliphatic carbocycles. The molecule has 0 saturated carbocycles. The zero-order valence-corrected chi connectivity index (χ0v) is 16.1. The van der Waals surface area contributed by atoms with Crippen LogP contribution in [0.4, 0.5) is 5.69 Å². The van der Waals surface area contributed by atoms with Crippen molar-refractivity contribution in [2.45, 2.75) is 45.3 Å². The number of amides is 1. The standard InChI is InChI=1S/C21H26N2O2.ClH/c1-15-14-18(25-16(2)17-8-4-3-5-9-17)11-12-19(15)23-21(24)20-10-6-7-13-22-20;/h3-5,8-9,11-12,14,16,20,22H,6-7,10,13H2,1-2H3,(H,23,24);1H. The Kier molecular flexibility index (Phi) is 7.49. The van der Waals surface area contributed by atoms with Crippen molar-refractivity contribution >= 4 is 24.0 Å². The first-order chi connectivity index (χ1) is 12.1. The van der Waals surface area contributed by atoms with Crippen LogP contribution in [0, 0.1) is 6.92 Å². The fraction of sp³-hybridized carbons (Fsp3) is 0.381. The van der Waals surface area contributed by atoms with E-state index in [1.54, 1.807) is 0 Å². The van der Waals surface area contributed by atoms with Crippen LogP contribution < -0.4 is 15.4 Å². The lowest BCUT2D eigenvalue weighted by molar-refractivity contribution is -0.118. The lowest BCUT2D eigenvalue weighted by Crippen LogP contribution is -2.43. The van der Waals surface area contributed by atoms with Crippen LogP contribution in [0.25, 0.3) is 0 Å². The van der Waals surface area contributed by atoms with Gasteiger partial charge in [-0.3, -0.25) is 4.79 Å². The molecule has 1 heterocycles. The highest BCUT2D eigenvalue weighted by Crippen LogP contribution is 2.26. The molecule has 1 aliphatic rings. The Bertz CT molecular complexity index is 715. The Hall–Kier alpha value is -2.04. The summed E-state index contributed by atoms with van der Waals surface area (Å²) in [6.07, 6.45) is 3.14. The molecule has 0 spiro atoms. The highest BCUT2D eigenvalue weighted by molar-refractivity contribution is 5.95. The minimum absolute atomic E-state index is 0. The number of benzene rings is 2. The van der Waals surface area contributed by atoms with Crippen LogP contribution in [0.15, 0.2) is 48.5 Å². The summed E-state index contributed by atoms with van der Waals surface area (Å²) in [7, 11) is 0. The van der Waals surface area contributed by atoms with E-state index < -0.39 is 0 Å². The zero-order chi connectivity index (χ0) is 17.6. The van der Waals surface area contributed by atoms with Crippen LogP contribution in [0.2, 0.25) is 0 Å². The number of piperidine rings is 1. The van der Waals surface area contributed by atoms with Gasteiger partial charge in [0.05, 0.1) is 6.04 Å². The highest BCUT2D eigenvalue weighted by Gasteiger charge is 2.21. The molecule has 1 saturated heterocycles. The first kappa shape index (κ1) is 20.3. The van der Waals surface area contributed by atoms with Crippen LogP contribution in [-0.2, 0) is 4.79 Å². The summed E-state index contributed by atoms with van der Waals surface area (Å²) < 4.78 is 6.03. The Balaban J connectivity index is 0.00000243. The summed E-state index contributed by atoms with van der Waals surface area (Å²) in [6, 6.07) is 15.9. The molecule has 1 aliphatic heterocycles. The van der Waals surface area contributed by atoms with Crippen LogP contribution in [-0.4, -0.2) is 18.5 Å². The Labute approximate surface area is 161 Å². The number of rotatable bonds is 5. The van der Waals surface area contributed by atoms with Gasteiger partial charge in [0.2, 0.25) is 5.91 Å². The average molecular weight is 375 g/mol. The molecule has 2 atom stereocenters. The van der Waals surface area contributed by atoms with Gasteiger partial charge in [0.1, 0.15) is 11.9 Å². The molecule has 1 fully saturated rings. The van der Waals surface area contributed by atoms with Crippen molar-refractivity contribution in [1.29, 1.82) is 0 Å². The van der Waals surface area contributed by atoms with Crippen LogP contribution in [0.5, 0.6) is 5.75 Å². The Morgan fingerprint density at radius 3 is 2.62 bits per heavy atom. The minimum Gasteiger partial charge on any atom is -0.486 e. The van der Waals surface area contributed by atoms with E-state index in [1.165, 1.54) is 0 Å². The summed E-state index contributed by atoms with van der Waals surface area (Å²) in [5.74, 6) is 0.858. The van der Waals surface area contributed by atoms with E-state index in [1.807, 2.05) is 50.2 Å². The largest absolute Gasteiger partial charge is 0.486 e. The lowest BCUT2D eigenvalue weighted by atomic mass is 10.0. The number of halogens is 1.